The third-order valence-corrected chi connectivity index (χ3v) is 7.91. The second-order valence-corrected chi connectivity index (χ2v) is 10.6. The summed E-state index contributed by atoms with van der Waals surface area (Å²) in [6, 6.07) is 26.3. The van der Waals surface area contributed by atoms with Crippen molar-refractivity contribution in [1.29, 1.82) is 0 Å². The van der Waals surface area contributed by atoms with Gasteiger partial charge in [0.05, 0.1) is 5.41 Å². The molecule has 1 N–H and O–H groups in total. The predicted molar refractivity (Wildman–Crippen MR) is 146 cm³/mol. The topological polar surface area (TPSA) is 15.0 Å². The summed E-state index contributed by atoms with van der Waals surface area (Å²) in [5.41, 5.74) is 7.71. The minimum Gasteiger partial charge on any atom is -0.358 e. The maximum absolute atomic E-state index is 3.70. The third kappa shape index (κ3) is 2.84. The summed E-state index contributed by atoms with van der Waals surface area (Å²) in [6.45, 7) is 9.32. The van der Waals surface area contributed by atoms with Gasteiger partial charge in [0, 0.05) is 34.5 Å². The summed E-state index contributed by atoms with van der Waals surface area (Å²) >= 11 is 0. The highest BCUT2D eigenvalue weighted by atomic mass is 15.0. The standard InChI is InChI=1S/C32H30N2/c1-31(2)27(33-25-19-17-21-11-6-8-13-23(21)29(25)31)15-10-16-28-32(3,4)30-24-14-9-7-12-22(24)18-20-26(30)34(28)5/h6-20H,1-5H3/p+1. The van der Waals surface area contributed by atoms with Gasteiger partial charge in [-0.25, -0.2) is 0 Å². The van der Waals surface area contributed by atoms with Crippen LogP contribution >= 0.6 is 0 Å². The summed E-state index contributed by atoms with van der Waals surface area (Å²) in [6.07, 6.45) is 6.77. The molecule has 0 bridgehead atoms. The molecule has 0 aromatic heterocycles. The lowest BCUT2D eigenvalue weighted by Crippen LogP contribution is -2.26. The van der Waals surface area contributed by atoms with Crippen molar-refractivity contribution in [2.45, 2.75) is 38.5 Å². The molecule has 0 saturated carbocycles. The Morgan fingerprint density at radius 1 is 0.706 bits per heavy atom. The van der Waals surface area contributed by atoms with Crippen LogP contribution < -0.4 is 5.32 Å². The van der Waals surface area contributed by atoms with Crippen LogP contribution in [0, 0.1) is 0 Å². The summed E-state index contributed by atoms with van der Waals surface area (Å²) in [4.78, 5) is 0. The molecule has 0 spiro atoms. The zero-order valence-electron chi connectivity index (χ0n) is 20.6. The number of nitrogens with zero attached hydrogens (tertiary/aromatic N) is 1. The van der Waals surface area contributed by atoms with Gasteiger partial charge in [-0.05, 0) is 59.2 Å². The second kappa shape index (κ2) is 7.17. The Hall–Kier alpha value is -3.65. The molecule has 0 amide bonds. The molecule has 0 saturated heterocycles. The minimum atomic E-state index is -0.0819. The zero-order chi connectivity index (χ0) is 23.7. The van der Waals surface area contributed by atoms with Crippen molar-refractivity contribution in [2.75, 3.05) is 12.4 Å². The second-order valence-electron chi connectivity index (χ2n) is 10.6. The number of hydrogen-bond donors (Lipinski definition) is 1. The predicted octanol–water partition coefficient (Wildman–Crippen LogP) is 7.84. The van der Waals surface area contributed by atoms with Crippen molar-refractivity contribution >= 4 is 38.6 Å². The molecule has 2 nitrogen and oxygen atoms in total. The summed E-state index contributed by atoms with van der Waals surface area (Å²) in [5, 5.41) is 8.98. The van der Waals surface area contributed by atoms with Crippen molar-refractivity contribution < 1.29 is 4.58 Å². The lowest BCUT2D eigenvalue weighted by molar-refractivity contribution is -0.401. The minimum absolute atomic E-state index is 0.0717. The van der Waals surface area contributed by atoms with Gasteiger partial charge in [0.1, 0.15) is 7.05 Å². The van der Waals surface area contributed by atoms with E-state index in [1.54, 1.807) is 0 Å². The number of anilines is 1. The molecule has 4 aromatic carbocycles. The van der Waals surface area contributed by atoms with E-state index in [-0.39, 0.29) is 10.8 Å². The van der Waals surface area contributed by atoms with E-state index in [0.29, 0.717) is 0 Å². The fourth-order valence-electron chi connectivity index (χ4n) is 6.16. The lowest BCUT2D eigenvalue weighted by atomic mass is 9.79. The largest absolute Gasteiger partial charge is 0.358 e. The number of allylic oxidation sites excluding steroid dienone is 4. The van der Waals surface area contributed by atoms with Crippen molar-refractivity contribution in [3.05, 3.63) is 108 Å². The molecular formula is C32H31N2+. The summed E-state index contributed by atoms with van der Waals surface area (Å²) < 4.78 is 2.35. The SMILES string of the molecule is C[N+]1=C(C=CC=C2Nc3ccc4ccccc4c3C2(C)C)C(C)(C)c2c1ccc1ccccc21. The fraction of sp³-hybridized carbons (Fsp3) is 0.219. The molecule has 168 valence electrons. The van der Waals surface area contributed by atoms with Crippen LogP contribution in [0.4, 0.5) is 11.4 Å². The van der Waals surface area contributed by atoms with Gasteiger partial charge in [-0.3, -0.25) is 0 Å². The normalized spacial score (nSPS) is 19.3. The Morgan fingerprint density at radius 2 is 1.32 bits per heavy atom. The molecule has 34 heavy (non-hydrogen) atoms. The van der Waals surface area contributed by atoms with Gasteiger partial charge < -0.3 is 5.32 Å². The van der Waals surface area contributed by atoms with Crippen LogP contribution in [0.3, 0.4) is 0 Å². The lowest BCUT2D eigenvalue weighted by Gasteiger charge is -2.21. The Morgan fingerprint density at radius 3 is 2.03 bits per heavy atom. The van der Waals surface area contributed by atoms with E-state index >= 15 is 0 Å². The molecule has 0 fully saturated rings. The molecule has 4 aromatic rings. The van der Waals surface area contributed by atoms with Crippen molar-refractivity contribution in [3.63, 3.8) is 0 Å². The average Bonchev–Trinajstić information content (AvgIpc) is 3.20. The van der Waals surface area contributed by atoms with Crippen LogP contribution in [0.2, 0.25) is 0 Å². The Balaban J connectivity index is 1.39. The van der Waals surface area contributed by atoms with Crippen LogP contribution in [0.25, 0.3) is 21.5 Å². The molecule has 0 radical (unpaired) electrons. The Bertz CT molecular complexity index is 1580. The van der Waals surface area contributed by atoms with Gasteiger partial charge in [-0.15, -0.1) is 0 Å². The first kappa shape index (κ1) is 20.9. The fourth-order valence-corrected chi connectivity index (χ4v) is 6.16. The average molecular weight is 444 g/mol. The number of fused-ring (bicyclic) bond motifs is 6. The van der Waals surface area contributed by atoms with E-state index in [4.69, 9.17) is 0 Å². The molecule has 2 aliphatic rings. The number of benzene rings is 4. The number of nitrogens with one attached hydrogen (secondary N) is 1. The number of rotatable bonds is 2. The highest BCUT2D eigenvalue weighted by Crippen LogP contribution is 2.47. The molecule has 0 atom stereocenters. The molecule has 2 heterocycles. The van der Waals surface area contributed by atoms with Gasteiger partial charge in [0.25, 0.3) is 0 Å². The first-order valence-corrected chi connectivity index (χ1v) is 12.1. The van der Waals surface area contributed by atoms with E-state index in [1.807, 2.05) is 0 Å². The van der Waals surface area contributed by atoms with Crippen molar-refractivity contribution in [3.8, 4) is 0 Å². The van der Waals surface area contributed by atoms with Gasteiger partial charge in [-0.2, -0.15) is 4.58 Å². The van der Waals surface area contributed by atoms with E-state index in [9.17, 15) is 0 Å². The molecule has 2 aliphatic heterocycles. The monoisotopic (exact) mass is 443 g/mol. The first-order chi connectivity index (χ1) is 16.3. The highest BCUT2D eigenvalue weighted by molar-refractivity contribution is 6.07. The van der Waals surface area contributed by atoms with E-state index < -0.39 is 0 Å². The van der Waals surface area contributed by atoms with Gasteiger partial charge >= 0.3 is 0 Å². The summed E-state index contributed by atoms with van der Waals surface area (Å²) in [5.74, 6) is 0. The first-order valence-electron chi connectivity index (χ1n) is 12.1. The van der Waals surface area contributed by atoms with Gasteiger partial charge in [0.15, 0.2) is 5.71 Å². The number of hydrogen-bond acceptors (Lipinski definition) is 1. The van der Waals surface area contributed by atoms with Crippen LogP contribution in [0.15, 0.2) is 96.7 Å². The molecular weight excluding hydrogens is 412 g/mol. The zero-order valence-corrected chi connectivity index (χ0v) is 20.6. The highest BCUT2D eigenvalue weighted by Gasteiger charge is 2.44. The van der Waals surface area contributed by atoms with Crippen LogP contribution in [-0.2, 0) is 10.8 Å². The van der Waals surface area contributed by atoms with E-state index in [1.165, 1.54) is 55.5 Å². The maximum Gasteiger partial charge on any atom is 0.210 e. The molecule has 2 heteroatoms. The quantitative estimate of drug-likeness (QED) is 0.312. The van der Waals surface area contributed by atoms with Crippen molar-refractivity contribution in [2.24, 2.45) is 0 Å². The molecule has 0 unspecified atom stereocenters. The Labute approximate surface area is 201 Å². The van der Waals surface area contributed by atoms with Crippen LogP contribution in [0.1, 0.15) is 38.8 Å². The van der Waals surface area contributed by atoms with Gasteiger partial charge in [-0.1, -0.05) is 74.5 Å². The smallest absolute Gasteiger partial charge is 0.210 e. The Kier molecular flexibility index (Phi) is 4.41. The maximum atomic E-state index is 3.70. The van der Waals surface area contributed by atoms with Crippen LogP contribution in [0.5, 0.6) is 0 Å². The van der Waals surface area contributed by atoms with E-state index in [2.05, 4.69) is 136 Å². The molecule has 6 rings (SSSR count). The van der Waals surface area contributed by atoms with Crippen LogP contribution in [-0.4, -0.2) is 17.3 Å². The molecule has 0 aliphatic carbocycles. The van der Waals surface area contributed by atoms with Crippen molar-refractivity contribution in [1.82, 2.24) is 0 Å². The summed E-state index contributed by atoms with van der Waals surface area (Å²) in [7, 11) is 2.19. The van der Waals surface area contributed by atoms with Gasteiger partial charge in [0.2, 0.25) is 5.69 Å². The van der Waals surface area contributed by atoms with E-state index in [0.717, 1.165) is 0 Å². The third-order valence-electron chi connectivity index (χ3n) is 7.91.